The summed E-state index contributed by atoms with van der Waals surface area (Å²) in [6, 6.07) is 6.37. The number of amides is 3. The van der Waals surface area contributed by atoms with Crippen molar-refractivity contribution in [2.45, 2.75) is 19.9 Å². The lowest BCUT2D eigenvalue weighted by Crippen LogP contribution is -2.50. The smallest absolute Gasteiger partial charge is 0.289 e. The number of aromatic nitrogens is 1. The molecule has 0 bridgehead atoms. The molecule has 142 valence electrons. The molecule has 0 spiro atoms. The predicted molar refractivity (Wildman–Crippen MR) is 97.4 cm³/mol. The van der Waals surface area contributed by atoms with Crippen molar-refractivity contribution < 1.29 is 18.8 Å². The second-order valence-electron chi connectivity index (χ2n) is 6.62. The highest BCUT2D eigenvalue weighted by Crippen LogP contribution is 2.12. The average molecular weight is 370 g/mol. The highest BCUT2D eigenvalue weighted by molar-refractivity contribution is 5.98. The van der Waals surface area contributed by atoms with Crippen LogP contribution >= 0.6 is 0 Å². The van der Waals surface area contributed by atoms with Crippen LogP contribution in [0.15, 0.2) is 41.1 Å². The first-order valence-corrected chi connectivity index (χ1v) is 8.84. The van der Waals surface area contributed by atoms with E-state index in [0.29, 0.717) is 37.5 Å². The number of nitrogens with one attached hydrogen (secondary N) is 1. The van der Waals surface area contributed by atoms with E-state index in [1.165, 1.54) is 18.5 Å². The number of nitrogens with zero attached hydrogens (tertiary/aromatic N) is 3. The van der Waals surface area contributed by atoms with Crippen molar-refractivity contribution in [1.82, 2.24) is 20.1 Å². The summed E-state index contributed by atoms with van der Waals surface area (Å²) in [5.74, 6) is -0.382. The minimum Gasteiger partial charge on any atom is -0.459 e. The van der Waals surface area contributed by atoms with Crippen LogP contribution in [0, 0.1) is 0 Å². The van der Waals surface area contributed by atoms with Gasteiger partial charge in [0.05, 0.1) is 6.26 Å². The molecular formula is C19H22N4O4. The maximum Gasteiger partial charge on any atom is 0.289 e. The Morgan fingerprint density at radius 2 is 1.74 bits per heavy atom. The van der Waals surface area contributed by atoms with Gasteiger partial charge in [-0.15, -0.1) is 0 Å². The van der Waals surface area contributed by atoms with Gasteiger partial charge in [-0.05, 0) is 38.1 Å². The molecule has 1 fully saturated rings. The van der Waals surface area contributed by atoms with E-state index in [2.05, 4.69) is 10.3 Å². The van der Waals surface area contributed by atoms with E-state index in [0.717, 1.165) is 0 Å². The first-order chi connectivity index (χ1) is 13.0. The average Bonchev–Trinajstić information content (AvgIpc) is 3.21. The van der Waals surface area contributed by atoms with Crippen molar-refractivity contribution >= 4 is 17.7 Å². The van der Waals surface area contributed by atoms with E-state index in [9.17, 15) is 14.4 Å². The zero-order valence-corrected chi connectivity index (χ0v) is 15.3. The van der Waals surface area contributed by atoms with Crippen LogP contribution in [-0.4, -0.2) is 64.7 Å². The molecule has 3 heterocycles. The van der Waals surface area contributed by atoms with Gasteiger partial charge in [0, 0.05) is 44.0 Å². The number of hydrogen-bond donors (Lipinski definition) is 1. The van der Waals surface area contributed by atoms with E-state index in [-0.39, 0.29) is 29.5 Å². The Labute approximate surface area is 157 Å². The molecule has 27 heavy (non-hydrogen) atoms. The zero-order valence-electron chi connectivity index (χ0n) is 15.3. The molecule has 0 aromatic carbocycles. The van der Waals surface area contributed by atoms with Crippen molar-refractivity contribution in [3.63, 3.8) is 0 Å². The van der Waals surface area contributed by atoms with Gasteiger partial charge in [-0.2, -0.15) is 0 Å². The lowest BCUT2D eigenvalue weighted by Gasteiger charge is -2.34. The summed E-state index contributed by atoms with van der Waals surface area (Å²) in [5.41, 5.74) is 0.617. The normalized spacial score (nSPS) is 14.3. The molecule has 8 heteroatoms. The number of rotatable bonds is 4. The van der Waals surface area contributed by atoms with Gasteiger partial charge in [-0.3, -0.25) is 19.4 Å². The molecule has 3 amide bonds. The second-order valence-corrected chi connectivity index (χ2v) is 6.62. The van der Waals surface area contributed by atoms with Crippen LogP contribution < -0.4 is 5.32 Å². The molecule has 0 atom stereocenters. The van der Waals surface area contributed by atoms with Crippen molar-refractivity contribution in [3.05, 3.63) is 53.7 Å². The van der Waals surface area contributed by atoms with Crippen molar-refractivity contribution in [2.75, 3.05) is 26.2 Å². The summed E-state index contributed by atoms with van der Waals surface area (Å²) in [5, 5.41) is 2.79. The number of piperazine rings is 1. The molecule has 8 nitrogen and oxygen atoms in total. The SMILES string of the molecule is CC(C)NC(=O)c1ccnc(C(=O)N2CCN(C(=O)c3ccco3)CC2)c1. The molecular weight excluding hydrogens is 348 g/mol. The van der Waals surface area contributed by atoms with Gasteiger partial charge >= 0.3 is 0 Å². The van der Waals surface area contributed by atoms with E-state index >= 15 is 0 Å². The van der Waals surface area contributed by atoms with Crippen molar-refractivity contribution in [2.24, 2.45) is 0 Å². The molecule has 0 saturated carbocycles. The third-order valence-electron chi connectivity index (χ3n) is 4.25. The summed E-state index contributed by atoms with van der Waals surface area (Å²) in [7, 11) is 0. The summed E-state index contributed by atoms with van der Waals surface area (Å²) in [6.45, 7) is 5.37. The van der Waals surface area contributed by atoms with Gasteiger partial charge in [0.15, 0.2) is 5.76 Å². The second kappa shape index (κ2) is 8.03. The fourth-order valence-electron chi connectivity index (χ4n) is 2.86. The summed E-state index contributed by atoms with van der Waals surface area (Å²) in [4.78, 5) is 44.5. The maximum atomic E-state index is 12.7. The fourth-order valence-corrected chi connectivity index (χ4v) is 2.86. The minimum atomic E-state index is -0.251. The molecule has 1 N–H and O–H groups in total. The highest BCUT2D eigenvalue weighted by atomic mass is 16.3. The number of furan rings is 1. The molecule has 0 radical (unpaired) electrons. The molecule has 2 aromatic heterocycles. The van der Waals surface area contributed by atoms with Gasteiger partial charge in [0.1, 0.15) is 5.69 Å². The Morgan fingerprint density at radius 1 is 1.07 bits per heavy atom. The number of hydrogen-bond acceptors (Lipinski definition) is 5. The number of pyridine rings is 1. The van der Waals surface area contributed by atoms with Crippen molar-refractivity contribution in [1.29, 1.82) is 0 Å². The molecule has 2 aromatic rings. The zero-order chi connectivity index (χ0) is 19.4. The van der Waals surface area contributed by atoms with E-state index < -0.39 is 0 Å². The monoisotopic (exact) mass is 370 g/mol. The molecule has 0 unspecified atom stereocenters. The minimum absolute atomic E-state index is 0.00425. The molecule has 1 aliphatic heterocycles. The van der Waals surface area contributed by atoms with Gasteiger partial charge in [0.25, 0.3) is 17.7 Å². The van der Waals surface area contributed by atoms with Gasteiger partial charge < -0.3 is 19.5 Å². The molecule has 1 saturated heterocycles. The largest absolute Gasteiger partial charge is 0.459 e. The van der Waals surface area contributed by atoms with Crippen LogP contribution in [0.25, 0.3) is 0 Å². The van der Waals surface area contributed by atoms with Crippen LogP contribution in [0.4, 0.5) is 0 Å². The lowest BCUT2D eigenvalue weighted by molar-refractivity contribution is 0.0515. The quantitative estimate of drug-likeness (QED) is 0.878. The Bertz CT molecular complexity index is 824. The summed E-state index contributed by atoms with van der Waals surface area (Å²) >= 11 is 0. The van der Waals surface area contributed by atoms with Crippen LogP contribution in [0.2, 0.25) is 0 Å². The molecule has 0 aliphatic carbocycles. The fraction of sp³-hybridized carbons (Fsp3) is 0.368. The summed E-state index contributed by atoms with van der Waals surface area (Å²) < 4.78 is 5.14. The van der Waals surface area contributed by atoms with Crippen LogP contribution in [0.3, 0.4) is 0 Å². The van der Waals surface area contributed by atoms with Gasteiger partial charge in [-0.25, -0.2) is 0 Å². The Morgan fingerprint density at radius 3 is 2.33 bits per heavy atom. The number of carbonyl (C=O) groups is 3. The van der Waals surface area contributed by atoms with E-state index in [4.69, 9.17) is 4.42 Å². The van der Waals surface area contributed by atoms with Crippen molar-refractivity contribution in [3.8, 4) is 0 Å². The van der Waals surface area contributed by atoms with E-state index in [1.54, 1.807) is 28.0 Å². The van der Waals surface area contributed by atoms with Crippen LogP contribution in [-0.2, 0) is 0 Å². The third-order valence-corrected chi connectivity index (χ3v) is 4.25. The highest BCUT2D eigenvalue weighted by Gasteiger charge is 2.27. The molecule has 1 aliphatic rings. The van der Waals surface area contributed by atoms with Gasteiger partial charge in [0.2, 0.25) is 0 Å². The standard InChI is InChI=1S/C19H22N4O4/c1-13(2)21-17(24)14-5-6-20-15(12-14)18(25)22-7-9-23(10-8-22)19(26)16-4-3-11-27-16/h3-6,11-13H,7-10H2,1-2H3,(H,21,24). The first-order valence-electron chi connectivity index (χ1n) is 8.84. The van der Waals surface area contributed by atoms with Crippen LogP contribution in [0.1, 0.15) is 45.2 Å². The van der Waals surface area contributed by atoms with E-state index in [1.807, 2.05) is 13.8 Å². The summed E-state index contributed by atoms with van der Waals surface area (Å²) in [6.07, 6.45) is 2.92. The Kier molecular flexibility index (Phi) is 5.54. The molecule has 3 rings (SSSR count). The Hall–Kier alpha value is -3.16. The number of carbonyl (C=O) groups excluding carboxylic acids is 3. The topological polar surface area (TPSA) is 95.8 Å². The van der Waals surface area contributed by atoms with Crippen LogP contribution in [0.5, 0.6) is 0 Å². The Balaban J connectivity index is 1.62. The van der Waals surface area contributed by atoms with Gasteiger partial charge in [-0.1, -0.05) is 0 Å². The third kappa shape index (κ3) is 4.33. The predicted octanol–water partition coefficient (Wildman–Crippen LogP) is 1.41. The first kappa shape index (κ1) is 18.6. The lowest BCUT2D eigenvalue weighted by atomic mass is 10.2. The maximum absolute atomic E-state index is 12.7.